The molecule has 0 saturated carbocycles. The first kappa shape index (κ1) is 15.2. The predicted molar refractivity (Wildman–Crippen MR) is 86.9 cm³/mol. The molecule has 0 N–H and O–H groups in total. The summed E-state index contributed by atoms with van der Waals surface area (Å²) >= 11 is 19.2. The van der Waals surface area contributed by atoms with Gasteiger partial charge in [0.05, 0.1) is 15.2 Å². The maximum Gasteiger partial charge on any atom is 0.162 e. The maximum atomic E-state index is 6.22. The van der Waals surface area contributed by atoms with Crippen molar-refractivity contribution in [3.05, 3.63) is 43.0 Å². The molecule has 2 rings (SSSR count). The SMILES string of the molecule is CCCc1nc(-c2ccc(Br)cc2Cl)nc(Cl)c1Br. The van der Waals surface area contributed by atoms with Gasteiger partial charge in [0, 0.05) is 10.0 Å². The van der Waals surface area contributed by atoms with Gasteiger partial charge in [-0.25, -0.2) is 9.97 Å². The summed E-state index contributed by atoms with van der Waals surface area (Å²) in [5, 5.41) is 1.00. The molecule has 2 nitrogen and oxygen atoms in total. The highest BCUT2D eigenvalue weighted by Gasteiger charge is 2.13. The lowest BCUT2D eigenvalue weighted by molar-refractivity contribution is 0.868. The van der Waals surface area contributed by atoms with Crippen molar-refractivity contribution in [1.29, 1.82) is 0 Å². The second-order valence-electron chi connectivity index (χ2n) is 3.97. The Bertz CT molecular complexity index is 618. The van der Waals surface area contributed by atoms with Gasteiger partial charge in [0.15, 0.2) is 5.82 Å². The van der Waals surface area contributed by atoms with E-state index in [-0.39, 0.29) is 0 Å². The van der Waals surface area contributed by atoms with Gasteiger partial charge in [-0.1, -0.05) is 52.5 Å². The van der Waals surface area contributed by atoms with Crippen LogP contribution in [0.25, 0.3) is 11.4 Å². The minimum absolute atomic E-state index is 0.410. The zero-order chi connectivity index (χ0) is 14.0. The van der Waals surface area contributed by atoms with Crippen LogP contribution >= 0.6 is 55.1 Å². The molecule has 0 saturated heterocycles. The number of aromatic nitrogens is 2. The molecule has 100 valence electrons. The van der Waals surface area contributed by atoms with Gasteiger partial charge in [0.2, 0.25) is 0 Å². The number of hydrogen-bond acceptors (Lipinski definition) is 2. The number of halogens is 4. The largest absolute Gasteiger partial charge is 0.232 e. The lowest BCUT2D eigenvalue weighted by atomic mass is 10.2. The van der Waals surface area contributed by atoms with E-state index in [9.17, 15) is 0 Å². The van der Waals surface area contributed by atoms with Crippen LogP contribution in [0.2, 0.25) is 10.2 Å². The molecular weight excluding hydrogens is 415 g/mol. The molecule has 19 heavy (non-hydrogen) atoms. The molecule has 1 aromatic carbocycles. The number of rotatable bonds is 3. The Morgan fingerprint density at radius 2 is 1.89 bits per heavy atom. The number of aryl methyl sites for hydroxylation is 1. The van der Waals surface area contributed by atoms with E-state index in [2.05, 4.69) is 48.8 Å². The number of nitrogens with zero attached hydrogens (tertiary/aromatic N) is 2. The highest BCUT2D eigenvalue weighted by molar-refractivity contribution is 9.10. The van der Waals surface area contributed by atoms with E-state index in [0.29, 0.717) is 16.0 Å². The van der Waals surface area contributed by atoms with Gasteiger partial charge < -0.3 is 0 Å². The molecule has 6 heteroatoms. The van der Waals surface area contributed by atoms with Crippen LogP contribution in [-0.2, 0) is 6.42 Å². The second-order valence-corrected chi connectivity index (χ2v) is 6.45. The van der Waals surface area contributed by atoms with Gasteiger partial charge >= 0.3 is 0 Å². The fourth-order valence-electron chi connectivity index (χ4n) is 1.66. The van der Waals surface area contributed by atoms with Crippen molar-refractivity contribution in [2.24, 2.45) is 0 Å². The highest BCUT2D eigenvalue weighted by Crippen LogP contribution is 2.32. The Hall–Kier alpha value is -0.160. The molecule has 2 aromatic rings. The summed E-state index contributed by atoms with van der Waals surface area (Å²) in [4.78, 5) is 8.83. The topological polar surface area (TPSA) is 25.8 Å². The zero-order valence-corrected chi connectivity index (χ0v) is 14.7. The molecule has 1 aromatic heterocycles. The van der Waals surface area contributed by atoms with E-state index < -0.39 is 0 Å². The third kappa shape index (κ3) is 3.48. The van der Waals surface area contributed by atoms with Crippen LogP contribution in [0.3, 0.4) is 0 Å². The summed E-state index contributed by atoms with van der Waals surface area (Å²) in [6, 6.07) is 5.59. The summed E-state index contributed by atoms with van der Waals surface area (Å²) < 4.78 is 1.67. The van der Waals surface area contributed by atoms with Crippen molar-refractivity contribution in [2.45, 2.75) is 19.8 Å². The molecule has 1 heterocycles. The Balaban J connectivity index is 2.56. The van der Waals surface area contributed by atoms with Crippen molar-refractivity contribution < 1.29 is 0 Å². The van der Waals surface area contributed by atoms with E-state index in [0.717, 1.165) is 33.0 Å². The molecule has 0 aliphatic rings. The van der Waals surface area contributed by atoms with Crippen molar-refractivity contribution >= 4 is 55.1 Å². The van der Waals surface area contributed by atoms with Crippen molar-refractivity contribution in [3.8, 4) is 11.4 Å². The van der Waals surface area contributed by atoms with Crippen LogP contribution < -0.4 is 0 Å². The van der Waals surface area contributed by atoms with Gasteiger partial charge in [0.1, 0.15) is 5.15 Å². The average Bonchev–Trinajstić information content (AvgIpc) is 2.35. The van der Waals surface area contributed by atoms with Crippen molar-refractivity contribution in [2.75, 3.05) is 0 Å². The van der Waals surface area contributed by atoms with E-state index >= 15 is 0 Å². The standard InChI is InChI=1S/C13H10Br2Cl2N2/c1-2-3-10-11(15)12(17)19-13(18-10)8-5-4-7(14)6-9(8)16/h4-6H,2-3H2,1H3. The molecule has 0 spiro atoms. The first-order valence-electron chi connectivity index (χ1n) is 5.70. The summed E-state index contributed by atoms with van der Waals surface area (Å²) in [5.74, 6) is 0.550. The Kier molecular flexibility index (Phi) is 5.23. The normalized spacial score (nSPS) is 10.8. The van der Waals surface area contributed by atoms with Crippen LogP contribution in [-0.4, -0.2) is 9.97 Å². The van der Waals surface area contributed by atoms with Gasteiger partial charge in [0.25, 0.3) is 0 Å². The van der Waals surface area contributed by atoms with Crippen LogP contribution in [0.15, 0.2) is 27.1 Å². The lowest BCUT2D eigenvalue weighted by Crippen LogP contribution is -1.99. The van der Waals surface area contributed by atoms with Gasteiger partial charge in [-0.05, 0) is 40.5 Å². The molecule has 0 radical (unpaired) electrons. The van der Waals surface area contributed by atoms with Gasteiger partial charge in [-0.15, -0.1) is 0 Å². The quantitative estimate of drug-likeness (QED) is 0.571. The maximum absolute atomic E-state index is 6.22. The lowest BCUT2D eigenvalue weighted by Gasteiger charge is -2.09. The first-order chi connectivity index (χ1) is 9.02. The van der Waals surface area contributed by atoms with Crippen LogP contribution in [0.4, 0.5) is 0 Å². The number of hydrogen-bond donors (Lipinski definition) is 0. The summed E-state index contributed by atoms with van der Waals surface area (Å²) in [5.41, 5.74) is 1.67. The summed E-state index contributed by atoms with van der Waals surface area (Å²) in [6.45, 7) is 2.09. The third-order valence-electron chi connectivity index (χ3n) is 2.54. The van der Waals surface area contributed by atoms with Gasteiger partial charge in [-0.2, -0.15) is 0 Å². The Labute approximate surface area is 138 Å². The third-order valence-corrected chi connectivity index (χ3v) is 4.68. The molecule has 0 bridgehead atoms. The highest BCUT2D eigenvalue weighted by atomic mass is 79.9. The minimum Gasteiger partial charge on any atom is -0.232 e. The van der Waals surface area contributed by atoms with E-state index in [1.165, 1.54) is 0 Å². The molecule has 0 unspecified atom stereocenters. The van der Waals surface area contributed by atoms with Crippen LogP contribution in [0.5, 0.6) is 0 Å². The van der Waals surface area contributed by atoms with Crippen LogP contribution in [0.1, 0.15) is 19.0 Å². The second kappa shape index (κ2) is 6.53. The first-order valence-corrected chi connectivity index (χ1v) is 8.04. The molecule has 0 amide bonds. The van der Waals surface area contributed by atoms with Crippen molar-refractivity contribution in [3.63, 3.8) is 0 Å². The molecule has 0 atom stereocenters. The fourth-order valence-corrected chi connectivity index (χ4v) is 2.98. The summed E-state index contributed by atoms with van der Waals surface area (Å²) in [6.07, 6.45) is 1.82. The Morgan fingerprint density at radius 1 is 1.16 bits per heavy atom. The average molecular weight is 425 g/mol. The molecule has 0 aliphatic heterocycles. The zero-order valence-electron chi connectivity index (χ0n) is 10.1. The fraction of sp³-hybridized carbons (Fsp3) is 0.231. The van der Waals surface area contributed by atoms with E-state index in [4.69, 9.17) is 23.2 Å². The molecule has 0 fully saturated rings. The van der Waals surface area contributed by atoms with Gasteiger partial charge in [-0.3, -0.25) is 0 Å². The Morgan fingerprint density at radius 3 is 2.53 bits per heavy atom. The smallest absolute Gasteiger partial charge is 0.162 e. The van der Waals surface area contributed by atoms with E-state index in [1.54, 1.807) is 0 Å². The molecule has 0 aliphatic carbocycles. The van der Waals surface area contributed by atoms with Crippen molar-refractivity contribution in [1.82, 2.24) is 9.97 Å². The number of benzene rings is 1. The monoisotopic (exact) mass is 422 g/mol. The van der Waals surface area contributed by atoms with Crippen LogP contribution in [0, 0.1) is 0 Å². The predicted octanol–water partition coefficient (Wildman–Crippen LogP) is 5.93. The molecular formula is C13H10Br2Cl2N2. The minimum atomic E-state index is 0.410. The summed E-state index contributed by atoms with van der Waals surface area (Å²) in [7, 11) is 0. The van der Waals surface area contributed by atoms with E-state index in [1.807, 2.05) is 18.2 Å².